The summed E-state index contributed by atoms with van der Waals surface area (Å²) in [6.45, 7) is 7.28. The fourth-order valence-corrected chi connectivity index (χ4v) is 2.44. The van der Waals surface area contributed by atoms with Crippen LogP contribution >= 0.6 is 0 Å². The molecule has 0 saturated heterocycles. The van der Waals surface area contributed by atoms with Crippen LogP contribution in [0.15, 0.2) is 0 Å². The molecule has 1 fully saturated rings. The smallest absolute Gasteiger partial charge is 0.0888 e. The highest BCUT2D eigenvalue weighted by molar-refractivity contribution is 4.66. The molecule has 1 nitrogen and oxygen atoms in total. The molecule has 0 spiro atoms. The Balaban J connectivity index is 0.00000144. The monoisotopic (exact) mass is 297 g/mol. The molecule has 0 N–H and O–H groups in total. The van der Waals surface area contributed by atoms with Gasteiger partial charge in [0.15, 0.2) is 0 Å². The van der Waals surface area contributed by atoms with Crippen LogP contribution in [0.4, 0.5) is 0 Å². The van der Waals surface area contributed by atoms with Crippen molar-refractivity contribution in [2.45, 2.75) is 52.0 Å². The van der Waals surface area contributed by atoms with Gasteiger partial charge in [-0.15, -0.1) is 0 Å². The van der Waals surface area contributed by atoms with Crippen molar-refractivity contribution in [3.63, 3.8) is 0 Å². The first kappa shape index (κ1) is 13.7. The lowest BCUT2D eigenvalue weighted by molar-refractivity contribution is -0.931. The second-order valence-electron chi connectivity index (χ2n) is 4.40. The average molecular weight is 297 g/mol. The number of hydrogen-bond donors (Lipinski definition) is 0. The zero-order valence-electron chi connectivity index (χ0n) is 9.35. The minimum atomic E-state index is 0. The van der Waals surface area contributed by atoms with Crippen LogP contribution in [-0.4, -0.2) is 30.7 Å². The van der Waals surface area contributed by atoms with Gasteiger partial charge < -0.3 is 28.5 Å². The molecule has 2 heteroatoms. The molecule has 1 aliphatic rings. The Labute approximate surface area is 100 Å². The molecular formula is C11H24IN. The summed E-state index contributed by atoms with van der Waals surface area (Å²) >= 11 is 0. The van der Waals surface area contributed by atoms with Crippen LogP contribution in [0.1, 0.15) is 46.0 Å². The van der Waals surface area contributed by atoms with E-state index in [1.807, 2.05) is 0 Å². The highest BCUT2D eigenvalue weighted by Gasteiger charge is 2.30. The summed E-state index contributed by atoms with van der Waals surface area (Å²) < 4.78 is 1.31. The van der Waals surface area contributed by atoms with Crippen molar-refractivity contribution in [3.05, 3.63) is 0 Å². The van der Waals surface area contributed by atoms with Crippen molar-refractivity contribution in [3.8, 4) is 0 Å². The maximum absolute atomic E-state index is 2.43. The summed E-state index contributed by atoms with van der Waals surface area (Å²) in [7, 11) is 2.43. The molecule has 80 valence electrons. The first-order chi connectivity index (χ1) is 5.73. The predicted molar refractivity (Wildman–Crippen MR) is 54.1 cm³/mol. The Morgan fingerprint density at radius 2 is 1.46 bits per heavy atom. The lowest BCUT2D eigenvalue weighted by atomic mass is 9.92. The quantitative estimate of drug-likeness (QED) is 0.500. The second-order valence-corrected chi connectivity index (χ2v) is 4.40. The first-order valence-electron chi connectivity index (χ1n) is 5.57. The highest BCUT2D eigenvalue weighted by atomic mass is 127. The molecule has 0 atom stereocenters. The summed E-state index contributed by atoms with van der Waals surface area (Å²) in [6, 6.07) is 0.966. The maximum Gasteiger partial charge on any atom is 0.0888 e. The van der Waals surface area contributed by atoms with E-state index in [2.05, 4.69) is 20.9 Å². The minimum Gasteiger partial charge on any atom is -1.00 e. The standard InChI is InChI=1S/C11H24N.HI/c1-4-12(3,5-2)11-9-7-6-8-10-11;/h11H,4-10H2,1-3H3;1H/q+1;/p-1. The zero-order chi connectivity index (χ0) is 9.03. The molecule has 0 aliphatic heterocycles. The molecule has 0 bridgehead atoms. The van der Waals surface area contributed by atoms with Gasteiger partial charge in [-0.05, 0) is 39.5 Å². The molecule has 0 heterocycles. The first-order valence-corrected chi connectivity index (χ1v) is 5.57. The Morgan fingerprint density at radius 3 is 1.85 bits per heavy atom. The van der Waals surface area contributed by atoms with Crippen molar-refractivity contribution < 1.29 is 28.5 Å². The van der Waals surface area contributed by atoms with Gasteiger partial charge in [-0.2, -0.15) is 0 Å². The number of quaternary nitrogens is 1. The van der Waals surface area contributed by atoms with Crippen molar-refractivity contribution in [1.82, 2.24) is 0 Å². The van der Waals surface area contributed by atoms with Crippen LogP contribution in [0.3, 0.4) is 0 Å². The summed E-state index contributed by atoms with van der Waals surface area (Å²) in [5.41, 5.74) is 0. The third kappa shape index (κ3) is 3.39. The Morgan fingerprint density at radius 1 is 1.00 bits per heavy atom. The fourth-order valence-electron chi connectivity index (χ4n) is 2.44. The van der Waals surface area contributed by atoms with Gasteiger partial charge in [0.05, 0.1) is 26.2 Å². The maximum atomic E-state index is 2.43. The third-order valence-electron chi connectivity index (χ3n) is 3.90. The van der Waals surface area contributed by atoms with Gasteiger partial charge in [0.2, 0.25) is 0 Å². The van der Waals surface area contributed by atoms with E-state index in [9.17, 15) is 0 Å². The number of rotatable bonds is 3. The number of nitrogens with zero attached hydrogens (tertiary/aromatic N) is 1. The normalized spacial score (nSPS) is 19.6. The summed E-state index contributed by atoms with van der Waals surface area (Å²) in [5, 5.41) is 0. The van der Waals surface area contributed by atoms with E-state index >= 15 is 0 Å². The molecule has 0 radical (unpaired) electrons. The van der Waals surface area contributed by atoms with E-state index < -0.39 is 0 Å². The lowest BCUT2D eigenvalue weighted by Gasteiger charge is -2.42. The van der Waals surface area contributed by atoms with Crippen LogP contribution in [0.25, 0.3) is 0 Å². The molecule has 13 heavy (non-hydrogen) atoms. The van der Waals surface area contributed by atoms with Crippen LogP contribution in [0.5, 0.6) is 0 Å². The Hall–Kier alpha value is 0.690. The molecule has 0 unspecified atom stereocenters. The average Bonchev–Trinajstić information content (AvgIpc) is 2.18. The van der Waals surface area contributed by atoms with Crippen molar-refractivity contribution in [1.29, 1.82) is 0 Å². The van der Waals surface area contributed by atoms with Gasteiger partial charge in [-0.3, -0.25) is 0 Å². The van der Waals surface area contributed by atoms with Gasteiger partial charge in [-0.1, -0.05) is 6.42 Å². The molecule has 0 aromatic carbocycles. The van der Waals surface area contributed by atoms with Crippen LogP contribution in [0.2, 0.25) is 0 Å². The van der Waals surface area contributed by atoms with Crippen LogP contribution in [-0.2, 0) is 0 Å². The highest BCUT2D eigenvalue weighted by Crippen LogP contribution is 2.26. The van der Waals surface area contributed by atoms with E-state index in [4.69, 9.17) is 0 Å². The van der Waals surface area contributed by atoms with Gasteiger partial charge in [0.1, 0.15) is 0 Å². The zero-order valence-corrected chi connectivity index (χ0v) is 11.5. The second kappa shape index (κ2) is 6.23. The number of hydrogen-bond acceptors (Lipinski definition) is 0. The topological polar surface area (TPSA) is 0 Å². The fraction of sp³-hybridized carbons (Fsp3) is 1.00. The summed E-state index contributed by atoms with van der Waals surface area (Å²) in [5.74, 6) is 0. The van der Waals surface area contributed by atoms with Crippen molar-refractivity contribution in [2.24, 2.45) is 0 Å². The van der Waals surface area contributed by atoms with Gasteiger partial charge in [-0.25, -0.2) is 0 Å². The van der Waals surface area contributed by atoms with Crippen LogP contribution in [0, 0.1) is 0 Å². The molecule has 1 rings (SSSR count). The third-order valence-corrected chi connectivity index (χ3v) is 3.90. The molecular weight excluding hydrogens is 273 g/mol. The van der Waals surface area contributed by atoms with E-state index in [1.165, 1.54) is 49.7 Å². The Bertz CT molecular complexity index is 126. The van der Waals surface area contributed by atoms with E-state index in [-0.39, 0.29) is 24.0 Å². The van der Waals surface area contributed by atoms with E-state index in [0.29, 0.717) is 0 Å². The van der Waals surface area contributed by atoms with Gasteiger partial charge in [0.25, 0.3) is 0 Å². The van der Waals surface area contributed by atoms with E-state index in [1.54, 1.807) is 0 Å². The molecule has 0 aromatic rings. The minimum absolute atomic E-state index is 0. The van der Waals surface area contributed by atoms with Crippen LogP contribution < -0.4 is 24.0 Å². The molecule has 0 amide bonds. The van der Waals surface area contributed by atoms with Gasteiger partial charge >= 0.3 is 0 Å². The van der Waals surface area contributed by atoms with E-state index in [0.717, 1.165) is 6.04 Å². The summed E-state index contributed by atoms with van der Waals surface area (Å²) in [4.78, 5) is 0. The Kier molecular flexibility index (Phi) is 6.56. The predicted octanol–water partition coefficient (Wildman–Crippen LogP) is -0.190. The number of halogens is 1. The van der Waals surface area contributed by atoms with Crippen molar-refractivity contribution in [2.75, 3.05) is 20.1 Å². The SMILES string of the molecule is CC[N+](C)(CC)C1CCCCC1.[I-]. The van der Waals surface area contributed by atoms with Crippen molar-refractivity contribution >= 4 is 0 Å². The molecule has 1 aliphatic carbocycles. The largest absolute Gasteiger partial charge is 1.00 e. The molecule has 1 saturated carbocycles. The summed E-state index contributed by atoms with van der Waals surface area (Å²) in [6.07, 6.45) is 7.36. The van der Waals surface area contributed by atoms with Gasteiger partial charge in [0, 0.05) is 0 Å². The lowest BCUT2D eigenvalue weighted by Crippen LogP contribution is -3.00. The molecule has 0 aromatic heterocycles.